The molecule has 0 spiro atoms. The topological polar surface area (TPSA) is 114 Å². The Morgan fingerprint density at radius 1 is 1.10 bits per heavy atom. The Kier molecular flexibility index (Phi) is 4.33. The number of benzene rings is 1. The van der Waals surface area contributed by atoms with E-state index in [4.69, 9.17) is 14.9 Å². The molecule has 1 aromatic carbocycles. The van der Waals surface area contributed by atoms with Crippen LogP contribution in [-0.4, -0.2) is 5.90 Å². The molecule has 4 unspecified atom stereocenters. The summed E-state index contributed by atoms with van der Waals surface area (Å²) in [7, 11) is 0. The summed E-state index contributed by atoms with van der Waals surface area (Å²) in [6, 6.07) is 15.4. The molecule has 1 N–H and O–H groups in total. The lowest BCUT2D eigenvalue weighted by Crippen LogP contribution is -2.57. The minimum absolute atomic E-state index is 0.407. The molecule has 0 radical (unpaired) electrons. The Bertz CT molecular complexity index is 1130. The number of rotatable bonds is 2. The lowest BCUT2D eigenvalue weighted by Gasteiger charge is -2.48. The molecular formula is C21H15BrN4O2S. The van der Waals surface area contributed by atoms with Crippen LogP contribution in [0, 0.1) is 63.1 Å². The summed E-state index contributed by atoms with van der Waals surface area (Å²) in [5.74, 6) is -2.62. The molecule has 1 aromatic heterocycles. The number of nitriles is 3. The van der Waals surface area contributed by atoms with Crippen molar-refractivity contribution < 1.29 is 9.47 Å². The molecule has 2 aromatic rings. The summed E-state index contributed by atoms with van der Waals surface area (Å²) >= 11 is 4.76. The average molecular weight is 467 g/mol. The van der Waals surface area contributed by atoms with Crippen LogP contribution in [-0.2, 0) is 15.3 Å². The Morgan fingerprint density at radius 2 is 1.76 bits per heavy atom. The predicted molar refractivity (Wildman–Crippen MR) is 108 cm³/mol. The maximum atomic E-state index is 10.3. The van der Waals surface area contributed by atoms with Gasteiger partial charge in [0.25, 0.3) is 0 Å². The van der Waals surface area contributed by atoms with Gasteiger partial charge in [-0.05, 0) is 36.1 Å². The first kappa shape index (κ1) is 19.6. The first-order chi connectivity index (χ1) is 13.8. The molecule has 3 heterocycles. The lowest BCUT2D eigenvalue weighted by molar-refractivity contribution is -0.288. The second kappa shape index (κ2) is 6.40. The van der Waals surface area contributed by atoms with Crippen LogP contribution in [0.5, 0.6) is 0 Å². The van der Waals surface area contributed by atoms with Gasteiger partial charge >= 0.3 is 0 Å². The second-order valence-electron chi connectivity index (χ2n) is 7.24. The van der Waals surface area contributed by atoms with Gasteiger partial charge in [-0.2, -0.15) is 15.8 Å². The van der Waals surface area contributed by atoms with Crippen LogP contribution in [0.4, 0.5) is 0 Å². The van der Waals surface area contributed by atoms with Crippen molar-refractivity contribution in [3.05, 3.63) is 56.2 Å². The minimum atomic E-state index is -1.93. The summed E-state index contributed by atoms with van der Waals surface area (Å²) in [6.07, 6.45) is -1.04. The Hall–Kier alpha value is -2.70. The number of ether oxygens (including phenoxy) is 2. The number of hydrogen-bond donors (Lipinski definition) is 1. The van der Waals surface area contributed by atoms with Crippen molar-refractivity contribution in [2.24, 2.45) is 16.7 Å². The molecule has 4 rings (SSSR count). The fourth-order valence-corrected chi connectivity index (χ4v) is 5.72. The number of fused-ring (bicyclic) bond motifs is 2. The third kappa shape index (κ3) is 2.18. The van der Waals surface area contributed by atoms with E-state index >= 15 is 0 Å². The quantitative estimate of drug-likeness (QED) is 0.673. The maximum Gasteiger partial charge on any atom is 0.244 e. The molecule has 0 saturated carbocycles. The Morgan fingerprint density at radius 3 is 2.28 bits per heavy atom. The summed E-state index contributed by atoms with van der Waals surface area (Å²) < 4.78 is 13.3. The highest BCUT2D eigenvalue weighted by Crippen LogP contribution is 2.69. The molecule has 29 heavy (non-hydrogen) atoms. The molecule has 144 valence electrons. The van der Waals surface area contributed by atoms with E-state index < -0.39 is 34.5 Å². The van der Waals surface area contributed by atoms with E-state index in [1.54, 1.807) is 19.1 Å². The zero-order valence-electron chi connectivity index (χ0n) is 15.6. The first-order valence-corrected chi connectivity index (χ1v) is 10.5. The molecule has 4 atom stereocenters. The third-order valence-corrected chi connectivity index (χ3v) is 7.65. The van der Waals surface area contributed by atoms with Crippen LogP contribution >= 0.6 is 27.3 Å². The molecule has 0 aliphatic carbocycles. The van der Waals surface area contributed by atoms with Gasteiger partial charge in [-0.3, -0.25) is 5.41 Å². The SMILES string of the molecule is Cc1ccsc1C1OC2(c3ccc(Br)cc3)OC(=N)C(C#N)(C2C)C1(C#N)C#N. The summed E-state index contributed by atoms with van der Waals surface area (Å²) in [4.78, 5) is 0.680. The van der Waals surface area contributed by atoms with Crippen molar-refractivity contribution in [2.75, 3.05) is 0 Å². The number of halogens is 1. The van der Waals surface area contributed by atoms with Crippen LogP contribution < -0.4 is 0 Å². The van der Waals surface area contributed by atoms with E-state index in [1.807, 2.05) is 30.5 Å². The molecule has 8 heteroatoms. The maximum absolute atomic E-state index is 10.3. The van der Waals surface area contributed by atoms with E-state index in [1.165, 1.54) is 11.3 Å². The van der Waals surface area contributed by atoms with Gasteiger partial charge in [-0.15, -0.1) is 11.3 Å². The first-order valence-electron chi connectivity index (χ1n) is 8.82. The molecular weight excluding hydrogens is 452 g/mol. The highest BCUT2D eigenvalue weighted by Gasteiger charge is 2.80. The van der Waals surface area contributed by atoms with Crippen molar-refractivity contribution >= 4 is 33.2 Å². The molecule has 2 aliphatic heterocycles. The zero-order chi connectivity index (χ0) is 21.0. The molecule has 2 bridgehead atoms. The van der Waals surface area contributed by atoms with E-state index in [9.17, 15) is 15.8 Å². The molecule has 2 aliphatic rings. The molecule has 2 fully saturated rings. The number of nitrogens with one attached hydrogen (secondary N) is 1. The van der Waals surface area contributed by atoms with Crippen molar-refractivity contribution in [3.63, 3.8) is 0 Å². The lowest BCUT2D eigenvalue weighted by atomic mass is 9.54. The molecule has 2 saturated heterocycles. The van der Waals surface area contributed by atoms with Crippen LogP contribution in [0.15, 0.2) is 40.2 Å². The van der Waals surface area contributed by atoms with Gasteiger partial charge in [0, 0.05) is 14.9 Å². The standard InChI is InChI=1S/C21H15BrN4O2S/c1-12-7-8-29-16(12)17-19(9-23,10-24)20(11-25)13(2)21(27-17,28-18(20)26)14-3-5-15(22)6-4-14/h3-8,13,17,26H,1-2H3. The van der Waals surface area contributed by atoms with E-state index in [2.05, 4.69) is 34.1 Å². The van der Waals surface area contributed by atoms with Gasteiger partial charge in [0.2, 0.25) is 17.1 Å². The Balaban J connectivity index is 2.05. The van der Waals surface area contributed by atoms with Crippen molar-refractivity contribution in [1.82, 2.24) is 0 Å². The van der Waals surface area contributed by atoms with Crippen LogP contribution in [0.3, 0.4) is 0 Å². The Labute approximate surface area is 180 Å². The van der Waals surface area contributed by atoms with Crippen molar-refractivity contribution in [3.8, 4) is 18.2 Å². The fourth-order valence-electron chi connectivity index (χ4n) is 4.44. The normalized spacial score (nSPS) is 31.9. The largest absolute Gasteiger partial charge is 0.443 e. The third-order valence-electron chi connectivity index (χ3n) is 6.06. The molecule has 6 nitrogen and oxygen atoms in total. The van der Waals surface area contributed by atoms with Crippen molar-refractivity contribution in [1.29, 1.82) is 21.2 Å². The van der Waals surface area contributed by atoms with Crippen LogP contribution in [0.25, 0.3) is 0 Å². The minimum Gasteiger partial charge on any atom is -0.443 e. The monoisotopic (exact) mass is 466 g/mol. The number of nitrogens with zero attached hydrogens (tertiary/aromatic N) is 3. The average Bonchev–Trinajstić information content (AvgIpc) is 3.20. The smallest absolute Gasteiger partial charge is 0.244 e. The van der Waals surface area contributed by atoms with Crippen LogP contribution in [0.1, 0.15) is 29.0 Å². The second-order valence-corrected chi connectivity index (χ2v) is 9.11. The number of thiophene rings is 1. The van der Waals surface area contributed by atoms with Gasteiger partial charge < -0.3 is 9.47 Å². The van der Waals surface area contributed by atoms with Crippen LogP contribution in [0.2, 0.25) is 0 Å². The van der Waals surface area contributed by atoms with Gasteiger partial charge in [0.1, 0.15) is 6.10 Å². The fraction of sp³-hybridized carbons (Fsp3) is 0.333. The highest BCUT2D eigenvalue weighted by atomic mass is 79.9. The van der Waals surface area contributed by atoms with Gasteiger partial charge in [-0.25, -0.2) is 0 Å². The predicted octanol–water partition coefficient (Wildman–Crippen LogP) is 4.93. The number of aryl methyl sites for hydroxylation is 1. The van der Waals surface area contributed by atoms with Gasteiger partial charge in [0.05, 0.1) is 24.1 Å². The summed E-state index contributed by atoms with van der Waals surface area (Å²) in [5, 5.41) is 41.1. The number of hydrogen-bond acceptors (Lipinski definition) is 7. The van der Waals surface area contributed by atoms with E-state index in [-0.39, 0.29) is 0 Å². The van der Waals surface area contributed by atoms with Gasteiger partial charge in [-0.1, -0.05) is 35.0 Å². The van der Waals surface area contributed by atoms with E-state index in [0.717, 1.165) is 10.0 Å². The highest BCUT2D eigenvalue weighted by molar-refractivity contribution is 9.10. The van der Waals surface area contributed by atoms with Crippen molar-refractivity contribution in [2.45, 2.75) is 25.7 Å². The molecule has 0 amide bonds. The van der Waals surface area contributed by atoms with E-state index in [0.29, 0.717) is 10.4 Å². The van der Waals surface area contributed by atoms with Gasteiger partial charge in [0.15, 0.2) is 5.41 Å². The zero-order valence-corrected chi connectivity index (χ0v) is 18.0. The summed E-state index contributed by atoms with van der Waals surface area (Å²) in [6.45, 7) is 3.57. The summed E-state index contributed by atoms with van der Waals surface area (Å²) in [5.41, 5.74) is -2.22.